The van der Waals surface area contributed by atoms with Crippen LogP contribution in [0.15, 0.2) is 24.3 Å². The van der Waals surface area contributed by atoms with Gasteiger partial charge in [0.15, 0.2) is 8.46 Å². The highest BCUT2D eigenvalue weighted by atomic mass is 31.1. The molecule has 1 atom stereocenters. The summed E-state index contributed by atoms with van der Waals surface area (Å²) in [4.78, 5) is 0. The van der Waals surface area contributed by atoms with E-state index in [4.69, 9.17) is 0 Å². The number of hydrogen-bond acceptors (Lipinski definition) is 2. The van der Waals surface area contributed by atoms with Gasteiger partial charge in [-0.15, -0.1) is 0 Å². The molecule has 0 spiro atoms. The Balaban J connectivity index is 2.84. The zero-order valence-electron chi connectivity index (χ0n) is 7.60. The van der Waals surface area contributed by atoms with Crippen LogP contribution in [0.1, 0.15) is 24.8 Å². The van der Waals surface area contributed by atoms with Crippen molar-refractivity contribution >= 4 is 8.46 Å². The van der Waals surface area contributed by atoms with Crippen LogP contribution in [0.4, 0.5) is 0 Å². The largest absolute Gasteiger partial charge is 0.508 e. The third kappa shape index (κ3) is 2.82. The minimum atomic E-state index is 0.169. The monoisotopic (exact) mass is 196 g/mol. The van der Waals surface area contributed by atoms with Crippen molar-refractivity contribution in [1.29, 1.82) is 0 Å². The number of rotatable bonds is 4. The van der Waals surface area contributed by atoms with Gasteiger partial charge in [0.1, 0.15) is 5.75 Å². The van der Waals surface area contributed by atoms with Crippen LogP contribution < -0.4 is 0 Å². The molecule has 0 amide bonds. The Bertz CT molecular complexity index is 286. The van der Waals surface area contributed by atoms with Gasteiger partial charge in [-0.2, -0.15) is 0 Å². The van der Waals surface area contributed by atoms with E-state index in [1.807, 2.05) is 12.1 Å². The first-order chi connectivity index (χ1) is 6.27. The Morgan fingerprint density at radius 2 is 2.31 bits per heavy atom. The summed E-state index contributed by atoms with van der Waals surface area (Å²) in [6.45, 7) is 2.06. The fraction of sp³-hybridized carbons (Fsp3) is 0.400. The molecule has 0 saturated carbocycles. The van der Waals surface area contributed by atoms with Crippen LogP contribution in [-0.4, -0.2) is 11.3 Å². The molecule has 0 heterocycles. The summed E-state index contributed by atoms with van der Waals surface area (Å²) in [5.41, 5.74) is 1.06. The molecule has 1 aromatic rings. The standard InChI is InChI=1S/C10H13O2P/c1-2-8(7-13-12)9-4-3-5-10(11)6-9/h3-6,8,11H,2,7H2,1H3. The van der Waals surface area contributed by atoms with Crippen LogP contribution in [0.2, 0.25) is 0 Å². The lowest BCUT2D eigenvalue weighted by atomic mass is 9.98. The highest BCUT2D eigenvalue weighted by molar-refractivity contribution is 7.23. The molecule has 2 nitrogen and oxygen atoms in total. The lowest BCUT2D eigenvalue weighted by Crippen LogP contribution is -1.97. The van der Waals surface area contributed by atoms with Crippen molar-refractivity contribution in [1.82, 2.24) is 0 Å². The first-order valence-electron chi connectivity index (χ1n) is 4.36. The summed E-state index contributed by atoms with van der Waals surface area (Å²) in [6.07, 6.45) is 1.57. The molecule has 0 radical (unpaired) electrons. The Labute approximate surface area is 79.8 Å². The van der Waals surface area contributed by atoms with Gasteiger partial charge in [0, 0.05) is 6.16 Å². The predicted molar refractivity (Wildman–Crippen MR) is 53.6 cm³/mol. The van der Waals surface area contributed by atoms with E-state index >= 15 is 0 Å². The van der Waals surface area contributed by atoms with Crippen molar-refractivity contribution in [3.63, 3.8) is 0 Å². The molecule has 0 aliphatic carbocycles. The van der Waals surface area contributed by atoms with Gasteiger partial charge in [-0.3, -0.25) is 4.57 Å². The molecule has 0 fully saturated rings. The predicted octanol–water partition coefficient (Wildman–Crippen LogP) is 3.18. The van der Waals surface area contributed by atoms with Crippen LogP contribution in [0.5, 0.6) is 5.75 Å². The smallest absolute Gasteiger partial charge is 0.155 e. The Kier molecular flexibility index (Phi) is 3.91. The number of aromatic hydroxyl groups is 1. The second-order valence-electron chi connectivity index (χ2n) is 3.01. The lowest BCUT2D eigenvalue weighted by Gasteiger charge is -2.11. The van der Waals surface area contributed by atoms with Gasteiger partial charge < -0.3 is 5.11 Å². The SMILES string of the molecule is CCC(CP=O)c1cccc(O)c1. The summed E-state index contributed by atoms with van der Waals surface area (Å²) in [5, 5.41) is 9.25. The van der Waals surface area contributed by atoms with Gasteiger partial charge in [0.25, 0.3) is 0 Å². The third-order valence-electron chi connectivity index (χ3n) is 2.13. The maximum Gasteiger partial charge on any atom is 0.155 e. The summed E-state index contributed by atoms with van der Waals surface area (Å²) >= 11 is 0. The van der Waals surface area contributed by atoms with Gasteiger partial charge >= 0.3 is 0 Å². The normalized spacial score (nSPS) is 13.0. The summed E-state index contributed by atoms with van der Waals surface area (Å²) in [6, 6.07) is 7.15. The van der Waals surface area contributed by atoms with E-state index in [0.717, 1.165) is 12.0 Å². The molecule has 1 N–H and O–H groups in total. The van der Waals surface area contributed by atoms with Crippen LogP contribution in [0.3, 0.4) is 0 Å². The number of benzene rings is 1. The summed E-state index contributed by atoms with van der Waals surface area (Å²) in [5.74, 6) is 0.560. The summed E-state index contributed by atoms with van der Waals surface area (Å²) in [7, 11) is 0.169. The van der Waals surface area contributed by atoms with Gasteiger partial charge in [0.05, 0.1) is 0 Å². The van der Waals surface area contributed by atoms with Crippen molar-refractivity contribution in [2.24, 2.45) is 0 Å². The van der Waals surface area contributed by atoms with Crippen molar-refractivity contribution in [3.8, 4) is 5.75 Å². The molecule has 0 saturated heterocycles. The fourth-order valence-electron chi connectivity index (χ4n) is 1.34. The number of phenolic OH excluding ortho intramolecular Hbond substituents is 1. The van der Waals surface area contributed by atoms with Crippen LogP contribution in [-0.2, 0) is 4.57 Å². The van der Waals surface area contributed by atoms with Crippen LogP contribution >= 0.6 is 8.46 Å². The zero-order valence-corrected chi connectivity index (χ0v) is 8.50. The van der Waals surface area contributed by atoms with Crippen molar-refractivity contribution in [2.75, 3.05) is 6.16 Å². The molecule has 1 rings (SSSR count). The Morgan fingerprint density at radius 3 is 2.85 bits per heavy atom. The van der Waals surface area contributed by atoms with Gasteiger partial charge in [-0.25, -0.2) is 0 Å². The molecular formula is C10H13O2P. The second-order valence-corrected chi connectivity index (χ2v) is 3.64. The van der Waals surface area contributed by atoms with Crippen molar-refractivity contribution < 1.29 is 9.67 Å². The summed E-state index contributed by atoms with van der Waals surface area (Å²) < 4.78 is 10.5. The van der Waals surface area contributed by atoms with Crippen molar-refractivity contribution in [2.45, 2.75) is 19.3 Å². The first kappa shape index (κ1) is 10.2. The van der Waals surface area contributed by atoms with E-state index in [1.54, 1.807) is 12.1 Å². The highest BCUT2D eigenvalue weighted by Crippen LogP contribution is 2.25. The van der Waals surface area contributed by atoms with Crippen molar-refractivity contribution in [3.05, 3.63) is 29.8 Å². The maximum atomic E-state index is 10.5. The molecule has 0 aromatic heterocycles. The van der Waals surface area contributed by atoms with E-state index in [-0.39, 0.29) is 20.1 Å². The average molecular weight is 196 g/mol. The average Bonchev–Trinajstić information content (AvgIpc) is 2.14. The highest BCUT2D eigenvalue weighted by Gasteiger charge is 2.09. The maximum absolute atomic E-state index is 10.5. The topological polar surface area (TPSA) is 37.3 Å². The fourth-order valence-corrected chi connectivity index (χ4v) is 1.99. The lowest BCUT2D eigenvalue weighted by molar-refractivity contribution is 0.473. The zero-order chi connectivity index (χ0) is 9.68. The van der Waals surface area contributed by atoms with E-state index in [2.05, 4.69) is 6.92 Å². The van der Waals surface area contributed by atoms with Gasteiger partial charge in [-0.1, -0.05) is 19.1 Å². The molecule has 13 heavy (non-hydrogen) atoms. The third-order valence-corrected chi connectivity index (χ3v) is 2.72. The molecule has 1 aromatic carbocycles. The van der Waals surface area contributed by atoms with Gasteiger partial charge in [0.2, 0.25) is 0 Å². The molecule has 0 bridgehead atoms. The Morgan fingerprint density at radius 1 is 1.54 bits per heavy atom. The van der Waals surface area contributed by atoms with E-state index in [1.165, 1.54) is 0 Å². The minimum absolute atomic E-state index is 0.169. The van der Waals surface area contributed by atoms with Crippen LogP contribution in [0.25, 0.3) is 0 Å². The van der Waals surface area contributed by atoms with E-state index < -0.39 is 0 Å². The second kappa shape index (κ2) is 4.98. The molecule has 70 valence electrons. The molecule has 0 aliphatic heterocycles. The van der Waals surface area contributed by atoms with Crippen LogP contribution in [0, 0.1) is 0 Å². The molecule has 3 heteroatoms. The number of hydrogen-bond donors (Lipinski definition) is 1. The quantitative estimate of drug-likeness (QED) is 0.751. The Hall–Kier alpha value is -0.880. The molecule has 0 aliphatic rings. The number of phenols is 1. The minimum Gasteiger partial charge on any atom is -0.508 e. The van der Waals surface area contributed by atoms with E-state index in [9.17, 15) is 9.67 Å². The molecular weight excluding hydrogens is 183 g/mol. The molecule has 1 unspecified atom stereocenters. The first-order valence-corrected chi connectivity index (χ1v) is 5.35. The van der Waals surface area contributed by atoms with E-state index in [0.29, 0.717) is 6.16 Å². The van der Waals surface area contributed by atoms with Gasteiger partial charge in [-0.05, 0) is 30.0 Å².